The molecular formula is C12H18N2O2. The van der Waals surface area contributed by atoms with Gasteiger partial charge < -0.3 is 15.0 Å². The van der Waals surface area contributed by atoms with Crippen molar-refractivity contribution in [1.29, 1.82) is 0 Å². The van der Waals surface area contributed by atoms with E-state index in [1.807, 2.05) is 50.2 Å². The zero-order chi connectivity index (χ0) is 12.0. The number of hydrogen-bond donors (Lipinski definition) is 1. The fourth-order valence-electron chi connectivity index (χ4n) is 1.25. The molecule has 0 saturated heterocycles. The van der Waals surface area contributed by atoms with E-state index in [4.69, 9.17) is 4.74 Å². The second-order valence-corrected chi connectivity index (χ2v) is 3.63. The molecule has 88 valence electrons. The number of ether oxygens (including phenoxy) is 1. The van der Waals surface area contributed by atoms with Crippen LogP contribution in [0.15, 0.2) is 24.3 Å². The number of rotatable bonds is 5. The molecule has 0 aliphatic heterocycles. The number of benzene rings is 1. The predicted octanol–water partition coefficient (Wildman–Crippen LogP) is 1.73. The second-order valence-electron chi connectivity index (χ2n) is 3.63. The molecule has 1 aromatic carbocycles. The molecular weight excluding hydrogens is 204 g/mol. The van der Waals surface area contributed by atoms with Gasteiger partial charge in [0.15, 0.2) is 0 Å². The minimum atomic E-state index is -0.127. The van der Waals surface area contributed by atoms with E-state index in [0.29, 0.717) is 6.61 Å². The normalized spacial score (nSPS) is 9.94. The Labute approximate surface area is 96.2 Å². The summed E-state index contributed by atoms with van der Waals surface area (Å²) in [6.07, 6.45) is 0. The Morgan fingerprint density at radius 1 is 1.44 bits per heavy atom. The first kappa shape index (κ1) is 12.5. The van der Waals surface area contributed by atoms with Crippen LogP contribution in [0.2, 0.25) is 0 Å². The van der Waals surface area contributed by atoms with Crippen molar-refractivity contribution in [3.8, 4) is 0 Å². The molecule has 0 radical (unpaired) electrons. The fourth-order valence-corrected chi connectivity index (χ4v) is 1.25. The predicted molar refractivity (Wildman–Crippen MR) is 65.9 cm³/mol. The zero-order valence-electron chi connectivity index (χ0n) is 9.99. The third-order valence-electron chi connectivity index (χ3n) is 2.08. The average Bonchev–Trinajstić information content (AvgIpc) is 2.26. The Balaban J connectivity index is 2.59. The van der Waals surface area contributed by atoms with Gasteiger partial charge >= 0.3 is 0 Å². The summed E-state index contributed by atoms with van der Waals surface area (Å²) in [5.41, 5.74) is 1.84. The summed E-state index contributed by atoms with van der Waals surface area (Å²) in [6, 6.07) is 7.67. The SMILES string of the molecule is CCOCC(=O)Nc1cccc(N(C)C)c1. The summed E-state index contributed by atoms with van der Waals surface area (Å²) < 4.78 is 5.02. The highest BCUT2D eigenvalue weighted by atomic mass is 16.5. The van der Waals surface area contributed by atoms with Gasteiger partial charge in [0.1, 0.15) is 6.61 Å². The van der Waals surface area contributed by atoms with Crippen molar-refractivity contribution in [1.82, 2.24) is 0 Å². The first-order valence-electron chi connectivity index (χ1n) is 5.28. The second kappa shape index (κ2) is 6.12. The largest absolute Gasteiger partial charge is 0.378 e. The Hall–Kier alpha value is -1.55. The summed E-state index contributed by atoms with van der Waals surface area (Å²) in [6.45, 7) is 2.51. The van der Waals surface area contributed by atoms with Crippen molar-refractivity contribution in [2.24, 2.45) is 0 Å². The van der Waals surface area contributed by atoms with Crippen molar-refractivity contribution < 1.29 is 9.53 Å². The smallest absolute Gasteiger partial charge is 0.250 e. The molecule has 0 atom stereocenters. The molecule has 1 rings (SSSR count). The molecule has 0 spiro atoms. The number of carbonyl (C=O) groups excluding carboxylic acids is 1. The van der Waals surface area contributed by atoms with E-state index >= 15 is 0 Å². The molecule has 4 heteroatoms. The van der Waals surface area contributed by atoms with E-state index in [2.05, 4.69) is 5.32 Å². The van der Waals surface area contributed by atoms with Crippen molar-refractivity contribution in [3.05, 3.63) is 24.3 Å². The van der Waals surface area contributed by atoms with Crippen LogP contribution in [0, 0.1) is 0 Å². The van der Waals surface area contributed by atoms with Gasteiger partial charge in [-0.25, -0.2) is 0 Å². The van der Waals surface area contributed by atoms with Gasteiger partial charge in [-0.05, 0) is 25.1 Å². The van der Waals surface area contributed by atoms with Crippen molar-refractivity contribution in [2.75, 3.05) is 37.5 Å². The van der Waals surface area contributed by atoms with E-state index in [9.17, 15) is 4.79 Å². The third kappa shape index (κ3) is 3.90. The number of hydrogen-bond acceptors (Lipinski definition) is 3. The molecule has 1 aromatic rings. The van der Waals surface area contributed by atoms with Crippen LogP contribution < -0.4 is 10.2 Å². The van der Waals surface area contributed by atoms with E-state index in [0.717, 1.165) is 11.4 Å². The maximum Gasteiger partial charge on any atom is 0.250 e. The fraction of sp³-hybridized carbons (Fsp3) is 0.417. The zero-order valence-corrected chi connectivity index (χ0v) is 9.99. The number of amides is 1. The van der Waals surface area contributed by atoms with Crippen LogP contribution in [0.3, 0.4) is 0 Å². The van der Waals surface area contributed by atoms with Crippen molar-refractivity contribution in [3.63, 3.8) is 0 Å². The highest BCUT2D eigenvalue weighted by Crippen LogP contribution is 2.16. The van der Waals surface area contributed by atoms with Crippen LogP contribution in [0.25, 0.3) is 0 Å². The van der Waals surface area contributed by atoms with Crippen LogP contribution >= 0.6 is 0 Å². The van der Waals surface area contributed by atoms with Crippen LogP contribution in [-0.4, -0.2) is 33.2 Å². The van der Waals surface area contributed by atoms with Gasteiger partial charge in [-0.2, -0.15) is 0 Å². The van der Waals surface area contributed by atoms with Gasteiger partial charge in [-0.1, -0.05) is 6.07 Å². The Morgan fingerprint density at radius 3 is 2.81 bits per heavy atom. The lowest BCUT2D eigenvalue weighted by Gasteiger charge is -2.13. The lowest BCUT2D eigenvalue weighted by Crippen LogP contribution is -2.18. The first-order valence-corrected chi connectivity index (χ1v) is 5.28. The molecule has 4 nitrogen and oxygen atoms in total. The molecule has 0 aromatic heterocycles. The van der Waals surface area contributed by atoms with E-state index < -0.39 is 0 Å². The number of nitrogens with zero attached hydrogens (tertiary/aromatic N) is 1. The van der Waals surface area contributed by atoms with E-state index in [-0.39, 0.29) is 12.5 Å². The maximum absolute atomic E-state index is 11.4. The summed E-state index contributed by atoms with van der Waals surface area (Å²) in [7, 11) is 3.92. The summed E-state index contributed by atoms with van der Waals surface area (Å²) >= 11 is 0. The number of anilines is 2. The summed E-state index contributed by atoms with van der Waals surface area (Å²) in [5.74, 6) is -0.127. The quantitative estimate of drug-likeness (QED) is 0.825. The van der Waals surface area contributed by atoms with Gasteiger partial charge in [0.05, 0.1) is 0 Å². The standard InChI is InChI=1S/C12H18N2O2/c1-4-16-9-12(15)13-10-6-5-7-11(8-10)14(2)3/h5-8H,4,9H2,1-3H3,(H,13,15). The van der Waals surface area contributed by atoms with Gasteiger partial charge in [-0.15, -0.1) is 0 Å². The summed E-state index contributed by atoms with van der Waals surface area (Å²) in [5, 5.41) is 2.78. The molecule has 0 fully saturated rings. The highest BCUT2D eigenvalue weighted by molar-refractivity contribution is 5.92. The molecule has 0 aliphatic carbocycles. The molecule has 0 saturated carbocycles. The van der Waals surface area contributed by atoms with Gasteiger partial charge in [0.25, 0.3) is 0 Å². The van der Waals surface area contributed by atoms with E-state index in [1.54, 1.807) is 0 Å². The highest BCUT2D eigenvalue weighted by Gasteiger charge is 2.03. The topological polar surface area (TPSA) is 41.6 Å². The Kier molecular flexibility index (Phi) is 4.79. The minimum Gasteiger partial charge on any atom is -0.378 e. The average molecular weight is 222 g/mol. The molecule has 16 heavy (non-hydrogen) atoms. The number of nitrogens with one attached hydrogen (secondary N) is 1. The summed E-state index contributed by atoms with van der Waals surface area (Å²) in [4.78, 5) is 13.4. The molecule has 0 heterocycles. The first-order chi connectivity index (χ1) is 7.63. The van der Waals surface area contributed by atoms with E-state index in [1.165, 1.54) is 0 Å². The van der Waals surface area contributed by atoms with Crippen LogP contribution in [0.4, 0.5) is 11.4 Å². The van der Waals surface area contributed by atoms with Gasteiger partial charge in [0.2, 0.25) is 5.91 Å². The Bertz CT molecular complexity index is 351. The van der Waals surface area contributed by atoms with Gasteiger partial charge in [-0.3, -0.25) is 4.79 Å². The molecule has 0 bridgehead atoms. The molecule has 1 amide bonds. The maximum atomic E-state index is 11.4. The molecule has 1 N–H and O–H groups in total. The molecule has 0 aliphatic rings. The monoisotopic (exact) mass is 222 g/mol. The van der Waals surface area contributed by atoms with Crippen LogP contribution in [-0.2, 0) is 9.53 Å². The van der Waals surface area contributed by atoms with Crippen molar-refractivity contribution >= 4 is 17.3 Å². The Morgan fingerprint density at radius 2 is 2.19 bits per heavy atom. The molecule has 0 unspecified atom stereocenters. The van der Waals surface area contributed by atoms with Crippen LogP contribution in [0.5, 0.6) is 0 Å². The lowest BCUT2D eigenvalue weighted by molar-refractivity contribution is -0.120. The van der Waals surface area contributed by atoms with Crippen LogP contribution in [0.1, 0.15) is 6.92 Å². The van der Waals surface area contributed by atoms with Crippen molar-refractivity contribution in [2.45, 2.75) is 6.92 Å². The lowest BCUT2D eigenvalue weighted by atomic mass is 10.2. The van der Waals surface area contributed by atoms with Gasteiger partial charge in [0, 0.05) is 32.1 Å². The third-order valence-corrected chi connectivity index (χ3v) is 2.08. The number of carbonyl (C=O) groups is 1. The minimum absolute atomic E-state index is 0.0999.